The van der Waals surface area contributed by atoms with Crippen molar-refractivity contribution in [3.63, 3.8) is 0 Å². The molecular weight excluding hydrogens is 288 g/mol. The van der Waals surface area contributed by atoms with Crippen LogP contribution < -0.4 is 4.90 Å². The highest BCUT2D eigenvalue weighted by Crippen LogP contribution is 2.20. The number of furan rings is 1. The first-order chi connectivity index (χ1) is 11.1. The number of fused-ring (bicyclic) bond motifs is 1. The van der Waals surface area contributed by atoms with Crippen LogP contribution in [-0.2, 0) is 4.79 Å². The Morgan fingerprint density at radius 3 is 2.74 bits per heavy atom. The Labute approximate surface area is 135 Å². The summed E-state index contributed by atoms with van der Waals surface area (Å²) in [6.45, 7) is 3.94. The molecule has 0 aliphatic rings. The van der Waals surface area contributed by atoms with Crippen LogP contribution in [0.4, 0.5) is 5.69 Å². The van der Waals surface area contributed by atoms with Crippen LogP contribution in [0, 0.1) is 0 Å². The molecule has 4 heteroatoms. The zero-order chi connectivity index (χ0) is 16.2. The van der Waals surface area contributed by atoms with Crippen LogP contribution in [-0.4, -0.2) is 16.9 Å². The fourth-order valence-corrected chi connectivity index (χ4v) is 2.49. The molecule has 0 aliphatic heterocycles. The average molecular weight is 306 g/mol. The van der Waals surface area contributed by atoms with Gasteiger partial charge in [0.2, 0.25) is 0 Å². The molecule has 0 radical (unpaired) electrons. The molecular formula is C19H18N2O2. The maximum Gasteiger partial charge on any atom is 0.251 e. The lowest BCUT2D eigenvalue weighted by Crippen LogP contribution is -2.35. The van der Waals surface area contributed by atoms with Crippen molar-refractivity contribution in [2.45, 2.75) is 19.9 Å². The first kappa shape index (κ1) is 15.0. The Morgan fingerprint density at radius 1 is 1.22 bits per heavy atom. The molecule has 3 aromatic rings. The largest absolute Gasteiger partial charge is 0.457 e. The van der Waals surface area contributed by atoms with Gasteiger partial charge in [0.25, 0.3) is 5.91 Å². The molecule has 2 heterocycles. The molecule has 1 aromatic carbocycles. The molecule has 0 atom stereocenters. The zero-order valence-electron chi connectivity index (χ0n) is 13.1. The van der Waals surface area contributed by atoms with Crippen LogP contribution >= 0.6 is 0 Å². The number of amides is 1. The van der Waals surface area contributed by atoms with Crippen LogP contribution in [0.2, 0.25) is 0 Å². The Balaban J connectivity index is 1.83. The summed E-state index contributed by atoms with van der Waals surface area (Å²) in [5, 5.41) is 1.02. The minimum atomic E-state index is -0.103. The van der Waals surface area contributed by atoms with E-state index in [1.54, 1.807) is 23.4 Å². The van der Waals surface area contributed by atoms with Crippen molar-refractivity contribution >= 4 is 28.6 Å². The quantitative estimate of drug-likeness (QED) is 0.676. The van der Waals surface area contributed by atoms with Crippen molar-refractivity contribution in [3.05, 3.63) is 66.7 Å². The molecule has 1 amide bonds. The average Bonchev–Trinajstić information content (AvgIpc) is 2.96. The summed E-state index contributed by atoms with van der Waals surface area (Å²) in [4.78, 5) is 18.3. The Bertz CT molecular complexity index is 802. The van der Waals surface area contributed by atoms with Gasteiger partial charge < -0.3 is 9.32 Å². The van der Waals surface area contributed by atoms with E-state index in [2.05, 4.69) is 4.98 Å². The fourth-order valence-electron chi connectivity index (χ4n) is 2.49. The maximum absolute atomic E-state index is 12.5. The lowest BCUT2D eigenvalue weighted by Gasteiger charge is -2.25. The minimum Gasteiger partial charge on any atom is -0.457 e. The molecule has 4 nitrogen and oxygen atoms in total. The van der Waals surface area contributed by atoms with Gasteiger partial charge in [0, 0.05) is 23.7 Å². The molecule has 0 aliphatic carbocycles. The molecule has 23 heavy (non-hydrogen) atoms. The summed E-state index contributed by atoms with van der Waals surface area (Å²) >= 11 is 0. The van der Waals surface area contributed by atoms with Gasteiger partial charge in [-0.15, -0.1) is 0 Å². The summed E-state index contributed by atoms with van der Waals surface area (Å²) in [6, 6.07) is 13.4. The van der Waals surface area contributed by atoms with Crippen LogP contribution in [0.5, 0.6) is 0 Å². The van der Waals surface area contributed by atoms with E-state index in [9.17, 15) is 4.79 Å². The number of hydrogen-bond donors (Lipinski definition) is 0. The van der Waals surface area contributed by atoms with Crippen LogP contribution in [0.3, 0.4) is 0 Å². The predicted octanol–water partition coefficient (Wildman–Crippen LogP) is 4.28. The number of hydrogen-bond acceptors (Lipinski definition) is 3. The molecule has 3 rings (SSSR count). The highest BCUT2D eigenvalue weighted by Gasteiger charge is 2.16. The summed E-state index contributed by atoms with van der Waals surface area (Å²) < 4.78 is 5.69. The van der Waals surface area contributed by atoms with Crippen molar-refractivity contribution in [1.29, 1.82) is 0 Å². The van der Waals surface area contributed by atoms with Gasteiger partial charge in [-0.25, -0.2) is 0 Å². The van der Waals surface area contributed by atoms with Crippen molar-refractivity contribution in [3.8, 4) is 0 Å². The Kier molecular flexibility index (Phi) is 4.24. The monoisotopic (exact) mass is 306 g/mol. The van der Waals surface area contributed by atoms with Crippen molar-refractivity contribution in [1.82, 2.24) is 4.98 Å². The number of carbonyl (C=O) groups excluding carboxylic acids is 1. The Hall–Kier alpha value is -2.88. The summed E-state index contributed by atoms with van der Waals surface area (Å²) in [5.74, 6) is 0.558. The third-order valence-electron chi connectivity index (χ3n) is 3.51. The van der Waals surface area contributed by atoms with Gasteiger partial charge in [0.1, 0.15) is 11.3 Å². The van der Waals surface area contributed by atoms with Gasteiger partial charge in [-0.3, -0.25) is 9.78 Å². The van der Waals surface area contributed by atoms with Gasteiger partial charge in [-0.2, -0.15) is 0 Å². The second-order valence-corrected chi connectivity index (χ2v) is 5.53. The van der Waals surface area contributed by atoms with Gasteiger partial charge >= 0.3 is 0 Å². The number of pyridine rings is 1. The molecule has 2 aromatic heterocycles. The summed E-state index contributed by atoms with van der Waals surface area (Å²) in [5.41, 5.74) is 1.59. The van der Waals surface area contributed by atoms with Crippen LogP contribution in [0.15, 0.2) is 65.4 Å². The molecule has 116 valence electrons. The third kappa shape index (κ3) is 3.31. The lowest BCUT2D eigenvalue weighted by atomic mass is 10.2. The van der Waals surface area contributed by atoms with E-state index in [4.69, 9.17) is 4.42 Å². The number of anilines is 1. The number of aromatic nitrogens is 1. The second kappa shape index (κ2) is 6.48. The Morgan fingerprint density at radius 2 is 2.04 bits per heavy atom. The molecule has 0 spiro atoms. The van der Waals surface area contributed by atoms with Crippen LogP contribution in [0.25, 0.3) is 17.0 Å². The molecule has 0 bridgehead atoms. The molecule has 0 N–H and O–H groups in total. The van der Waals surface area contributed by atoms with E-state index in [0.717, 1.165) is 16.7 Å². The highest BCUT2D eigenvalue weighted by molar-refractivity contribution is 6.04. The van der Waals surface area contributed by atoms with Crippen molar-refractivity contribution in [2.24, 2.45) is 0 Å². The topological polar surface area (TPSA) is 46.3 Å². The number of rotatable bonds is 4. The van der Waals surface area contributed by atoms with E-state index in [-0.39, 0.29) is 11.9 Å². The standard InChI is InChI=1S/C19H18N2O2/c1-14(2)21(16-7-5-11-20-13-16)19(22)10-9-17-12-15-6-3-4-8-18(15)23-17/h3-14H,1-2H3. The number of benzene rings is 1. The number of carbonyl (C=O) groups is 1. The van der Waals surface area contributed by atoms with Crippen LogP contribution in [0.1, 0.15) is 19.6 Å². The van der Waals surface area contributed by atoms with Crippen molar-refractivity contribution < 1.29 is 9.21 Å². The first-order valence-electron chi connectivity index (χ1n) is 7.55. The summed E-state index contributed by atoms with van der Waals surface area (Å²) in [7, 11) is 0. The molecule has 0 unspecified atom stereocenters. The number of para-hydroxylation sites is 1. The fraction of sp³-hybridized carbons (Fsp3) is 0.158. The zero-order valence-corrected chi connectivity index (χ0v) is 13.1. The van der Waals surface area contributed by atoms with Gasteiger partial charge in [0.05, 0.1) is 11.9 Å². The number of nitrogens with zero attached hydrogens (tertiary/aromatic N) is 2. The predicted molar refractivity (Wildman–Crippen MR) is 92.1 cm³/mol. The minimum absolute atomic E-state index is 0.0343. The van der Waals surface area contributed by atoms with Gasteiger partial charge in [0.15, 0.2) is 0 Å². The normalized spacial score (nSPS) is 11.4. The molecule has 0 saturated heterocycles. The lowest BCUT2D eigenvalue weighted by molar-refractivity contribution is -0.114. The van der Waals surface area contributed by atoms with Gasteiger partial charge in [-0.05, 0) is 44.2 Å². The maximum atomic E-state index is 12.5. The van der Waals surface area contributed by atoms with E-state index in [1.807, 2.05) is 56.3 Å². The SMILES string of the molecule is CC(C)N(C(=O)C=Cc1cc2ccccc2o1)c1cccnc1. The van der Waals surface area contributed by atoms with E-state index in [1.165, 1.54) is 6.08 Å². The van der Waals surface area contributed by atoms with E-state index >= 15 is 0 Å². The summed E-state index contributed by atoms with van der Waals surface area (Å²) in [6.07, 6.45) is 6.61. The molecule has 0 fully saturated rings. The third-order valence-corrected chi connectivity index (χ3v) is 3.51. The highest BCUT2D eigenvalue weighted by atomic mass is 16.3. The first-order valence-corrected chi connectivity index (χ1v) is 7.55. The second-order valence-electron chi connectivity index (χ2n) is 5.53. The smallest absolute Gasteiger partial charge is 0.251 e. The van der Waals surface area contributed by atoms with E-state index in [0.29, 0.717) is 5.76 Å². The van der Waals surface area contributed by atoms with E-state index < -0.39 is 0 Å². The van der Waals surface area contributed by atoms with Crippen molar-refractivity contribution in [2.75, 3.05) is 4.90 Å². The molecule has 0 saturated carbocycles. The van der Waals surface area contributed by atoms with Gasteiger partial charge in [-0.1, -0.05) is 18.2 Å².